The molecule has 3 rings (SSSR count). The molecule has 2 aromatic carbocycles. The van der Waals surface area contributed by atoms with Crippen molar-refractivity contribution in [3.8, 4) is 11.1 Å². The first kappa shape index (κ1) is 13.7. The van der Waals surface area contributed by atoms with Gasteiger partial charge in [-0.3, -0.25) is 4.79 Å². The molecule has 0 fully saturated rings. The van der Waals surface area contributed by atoms with Gasteiger partial charge in [0.1, 0.15) is 0 Å². The highest BCUT2D eigenvalue weighted by Gasteiger charge is 2.30. The van der Waals surface area contributed by atoms with Gasteiger partial charge in [-0.05, 0) is 41.3 Å². The highest BCUT2D eigenvalue weighted by molar-refractivity contribution is 5.97. The van der Waals surface area contributed by atoms with Gasteiger partial charge in [0.15, 0.2) is 0 Å². The van der Waals surface area contributed by atoms with Crippen molar-refractivity contribution in [2.75, 3.05) is 6.54 Å². The molecule has 0 unspecified atom stereocenters. The van der Waals surface area contributed by atoms with Crippen LogP contribution in [0.15, 0.2) is 42.5 Å². The lowest BCUT2D eigenvalue weighted by molar-refractivity contribution is -0.137. The second-order valence-electron chi connectivity index (χ2n) is 4.95. The summed E-state index contributed by atoms with van der Waals surface area (Å²) < 4.78 is 37.6. The van der Waals surface area contributed by atoms with E-state index in [0.29, 0.717) is 17.7 Å². The largest absolute Gasteiger partial charge is 0.416 e. The van der Waals surface area contributed by atoms with Crippen LogP contribution in [0.25, 0.3) is 11.1 Å². The number of amides is 1. The van der Waals surface area contributed by atoms with Gasteiger partial charge in [-0.25, -0.2) is 0 Å². The summed E-state index contributed by atoms with van der Waals surface area (Å²) in [6, 6.07) is 10.4. The summed E-state index contributed by atoms with van der Waals surface area (Å²) in [5, 5.41) is 2.76. The van der Waals surface area contributed by atoms with Crippen LogP contribution in [0.3, 0.4) is 0 Å². The van der Waals surface area contributed by atoms with Crippen LogP contribution in [0.5, 0.6) is 0 Å². The lowest BCUT2D eigenvalue weighted by atomic mass is 9.94. The van der Waals surface area contributed by atoms with Crippen molar-refractivity contribution in [3.63, 3.8) is 0 Å². The number of benzene rings is 2. The third-order valence-corrected chi connectivity index (χ3v) is 3.58. The second-order valence-corrected chi connectivity index (χ2v) is 4.95. The molecule has 0 atom stereocenters. The van der Waals surface area contributed by atoms with Gasteiger partial charge in [0.05, 0.1) is 5.56 Å². The van der Waals surface area contributed by atoms with Gasteiger partial charge in [-0.1, -0.05) is 24.3 Å². The van der Waals surface area contributed by atoms with Crippen LogP contribution in [0.2, 0.25) is 0 Å². The fourth-order valence-corrected chi connectivity index (χ4v) is 2.46. The summed E-state index contributed by atoms with van der Waals surface area (Å²) in [6.45, 7) is 0.586. The van der Waals surface area contributed by atoms with Gasteiger partial charge in [0.25, 0.3) is 5.91 Å². The fourth-order valence-electron chi connectivity index (χ4n) is 2.46. The van der Waals surface area contributed by atoms with Gasteiger partial charge < -0.3 is 5.32 Å². The standard InChI is InChI=1S/C16H12F3NO/c17-16(18,19)13-4-1-10(2-5-13)11-3-6-14-12(9-11)7-8-20-15(14)21/h1-6,9H,7-8H2,(H,20,21). The Bertz CT molecular complexity index is 690. The number of halogens is 3. The SMILES string of the molecule is O=C1NCCc2cc(-c3ccc(C(F)(F)F)cc3)ccc21. The van der Waals surface area contributed by atoms with Gasteiger partial charge in [-0.15, -0.1) is 0 Å². The molecule has 0 bridgehead atoms. The molecule has 2 nitrogen and oxygen atoms in total. The number of fused-ring (bicyclic) bond motifs is 1. The van der Waals surface area contributed by atoms with E-state index in [1.165, 1.54) is 12.1 Å². The molecule has 0 saturated heterocycles. The van der Waals surface area contributed by atoms with Gasteiger partial charge in [-0.2, -0.15) is 13.2 Å². The number of carbonyl (C=O) groups is 1. The van der Waals surface area contributed by atoms with E-state index < -0.39 is 11.7 Å². The third kappa shape index (κ3) is 2.63. The minimum absolute atomic E-state index is 0.102. The molecule has 0 radical (unpaired) electrons. The Hall–Kier alpha value is -2.30. The maximum Gasteiger partial charge on any atom is 0.416 e. The van der Waals surface area contributed by atoms with Gasteiger partial charge >= 0.3 is 6.18 Å². The molecule has 0 aliphatic carbocycles. The lowest BCUT2D eigenvalue weighted by Gasteiger charge is -2.17. The van der Waals surface area contributed by atoms with E-state index in [1.807, 2.05) is 6.07 Å². The Kier molecular flexibility index (Phi) is 3.20. The molecule has 1 amide bonds. The summed E-state index contributed by atoms with van der Waals surface area (Å²) in [7, 11) is 0. The molecule has 0 saturated carbocycles. The highest BCUT2D eigenvalue weighted by atomic mass is 19.4. The Morgan fingerprint density at radius 2 is 1.62 bits per heavy atom. The topological polar surface area (TPSA) is 29.1 Å². The van der Waals surface area contributed by atoms with Crippen molar-refractivity contribution >= 4 is 5.91 Å². The van der Waals surface area contributed by atoms with E-state index in [9.17, 15) is 18.0 Å². The molecule has 108 valence electrons. The Morgan fingerprint density at radius 1 is 0.952 bits per heavy atom. The Morgan fingerprint density at radius 3 is 2.29 bits per heavy atom. The molecule has 0 aromatic heterocycles. The smallest absolute Gasteiger partial charge is 0.352 e. The minimum atomic E-state index is -4.33. The summed E-state index contributed by atoms with van der Waals surface area (Å²) in [4.78, 5) is 11.7. The molecular weight excluding hydrogens is 279 g/mol. The van der Waals surface area contributed by atoms with Crippen LogP contribution in [-0.4, -0.2) is 12.5 Å². The number of alkyl halides is 3. The summed E-state index contributed by atoms with van der Waals surface area (Å²) in [5.74, 6) is -0.102. The van der Waals surface area contributed by atoms with Gasteiger partial charge in [0.2, 0.25) is 0 Å². The fraction of sp³-hybridized carbons (Fsp3) is 0.188. The Labute approximate surface area is 119 Å². The molecule has 5 heteroatoms. The van der Waals surface area contributed by atoms with E-state index in [0.717, 1.165) is 29.7 Å². The Balaban J connectivity index is 1.96. The predicted molar refractivity (Wildman–Crippen MR) is 72.9 cm³/mol. The van der Waals surface area contributed by atoms with Crippen LogP contribution in [0.1, 0.15) is 21.5 Å². The minimum Gasteiger partial charge on any atom is -0.352 e. The zero-order chi connectivity index (χ0) is 15.0. The third-order valence-electron chi connectivity index (χ3n) is 3.58. The van der Waals surface area contributed by atoms with E-state index in [4.69, 9.17) is 0 Å². The zero-order valence-electron chi connectivity index (χ0n) is 11.0. The maximum absolute atomic E-state index is 12.5. The average Bonchev–Trinajstić information content (AvgIpc) is 2.46. The molecule has 0 spiro atoms. The summed E-state index contributed by atoms with van der Waals surface area (Å²) in [6.07, 6.45) is -3.60. The number of carbonyl (C=O) groups excluding carboxylic acids is 1. The zero-order valence-corrected chi connectivity index (χ0v) is 11.0. The normalized spacial score (nSPS) is 14.5. The number of rotatable bonds is 1. The average molecular weight is 291 g/mol. The van der Waals surface area contributed by atoms with Crippen LogP contribution < -0.4 is 5.32 Å². The van der Waals surface area contributed by atoms with Crippen LogP contribution in [0.4, 0.5) is 13.2 Å². The second kappa shape index (κ2) is 4.91. The quantitative estimate of drug-likeness (QED) is 0.853. The first-order valence-electron chi connectivity index (χ1n) is 6.54. The van der Waals surface area contributed by atoms with E-state index in [1.54, 1.807) is 12.1 Å². The van der Waals surface area contributed by atoms with Crippen molar-refractivity contribution in [1.29, 1.82) is 0 Å². The van der Waals surface area contributed by atoms with E-state index >= 15 is 0 Å². The lowest BCUT2D eigenvalue weighted by Crippen LogP contribution is -2.31. The number of hydrogen-bond acceptors (Lipinski definition) is 1. The van der Waals surface area contributed by atoms with Crippen LogP contribution in [-0.2, 0) is 12.6 Å². The first-order chi connectivity index (χ1) is 9.95. The highest BCUT2D eigenvalue weighted by Crippen LogP contribution is 2.31. The van der Waals surface area contributed by atoms with E-state index in [2.05, 4.69) is 5.32 Å². The molecule has 1 aliphatic rings. The number of nitrogens with one attached hydrogen (secondary N) is 1. The number of hydrogen-bond donors (Lipinski definition) is 1. The molecule has 1 aliphatic heterocycles. The van der Waals surface area contributed by atoms with Crippen molar-refractivity contribution in [3.05, 3.63) is 59.2 Å². The van der Waals surface area contributed by atoms with Crippen molar-refractivity contribution in [2.45, 2.75) is 12.6 Å². The van der Waals surface area contributed by atoms with E-state index in [-0.39, 0.29) is 5.91 Å². The monoisotopic (exact) mass is 291 g/mol. The summed E-state index contributed by atoms with van der Waals surface area (Å²) >= 11 is 0. The first-order valence-corrected chi connectivity index (χ1v) is 6.54. The van der Waals surface area contributed by atoms with Gasteiger partial charge in [0, 0.05) is 12.1 Å². The summed E-state index contributed by atoms with van der Waals surface area (Å²) in [5.41, 5.74) is 2.42. The van der Waals surface area contributed by atoms with Crippen molar-refractivity contribution in [1.82, 2.24) is 5.32 Å². The van der Waals surface area contributed by atoms with Crippen LogP contribution in [0, 0.1) is 0 Å². The predicted octanol–water partition coefficient (Wildman–Crippen LogP) is 3.66. The molecule has 21 heavy (non-hydrogen) atoms. The molecule has 1 N–H and O–H groups in total. The van der Waals surface area contributed by atoms with Crippen molar-refractivity contribution < 1.29 is 18.0 Å². The van der Waals surface area contributed by atoms with Crippen molar-refractivity contribution in [2.24, 2.45) is 0 Å². The molecular formula is C16H12F3NO. The van der Waals surface area contributed by atoms with Crippen LogP contribution >= 0.6 is 0 Å². The maximum atomic E-state index is 12.5. The molecule has 2 aromatic rings. The molecule has 1 heterocycles.